The molecule has 0 unspecified atom stereocenters. The van der Waals surface area contributed by atoms with Crippen LogP contribution in [0.5, 0.6) is 0 Å². The van der Waals surface area contributed by atoms with Crippen LogP contribution in [0.3, 0.4) is 0 Å². The standard InChI is InChI=1S/C18H16N4O5S2/c1-2-26-16(24)12-10(19-17(25)20-13(12)11-4-3-6-27-11)8-29-18-21-14(23)9-5-7-28-15(9)22-18/h3-7,13H,2,8H2,1H3,(H2,19,20,25)(H,21,22,23)/t13-/m0/s1. The van der Waals surface area contributed by atoms with Crippen LogP contribution in [0.1, 0.15) is 18.7 Å². The number of carbonyl (C=O) groups is 2. The van der Waals surface area contributed by atoms with Gasteiger partial charge in [-0.15, -0.1) is 11.3 Å². The number of furan rings is 1. The second-order valence-corrected chi connectivity index (χ2v) is 7.82. The van der Waals surface area contributed by atoms with Crippen LogP contribution in [0.25, 0.3) is 10.2 Å². The lowest BCUT2D eigenvalue weighted by molar-refractivity contribution is -0.139. The van der Waals surface area contributed by atoms with E-state index in [4.69, 9.17) is 9.15 Å². The predicted molar refractivity (Wildman–Crippen MR) is 108 cm³/mol. The first kappa shape index (κ1) is 19.3. The summed E-state index contributed by atoms with van der Waals surface area (Å²) in [5.41, 5.74) is 0.377. The molecule has 3 N–H and O–H groups in total. The van der Waals surface area contributed by atoms with Crippen molar-refractivity contribution in [3.63, 3.8) is 0 Å². The highest BCUT2D eigenvalue weighted by atomic mass is 32.2. The highest BCUT2D eigenvalue weighted by molar-refractivity contribution is 7.99. The van der Waals surface area contributed by atoms with E-state index in [0.29, 0.717) is 26.8 Å². The van der Waals surface area contributed by atoms with Crippen molar-refractivity contribution in [2.24, 2.45) is 0 Å². The number of hydrogen-bond donors (Lipinski definition) is 3. The highest BCUT2D eigenvalue weighted by Crippen LogP contribution is 2.30. The molecule has 11 heteroatoms. The Labute approximate surface area is 172 Å². The SMILES string of the molecule is CCOC(=O)C1=C(CSc2nc3sccc3c(=O)[nH]2)NC(=O)N[C@H]1c1ccco1. The van der Waals surface area contributed by atoms with E-state index >= 15 is 0 Å². The van der Waals surface area contributed by atoms with Crippen LogP contribution >= 0.6 is 23.1 Å². The quantitative estimate of drug-likeness (QED) is 0.310. The maximum absolute atomic E-state index is 12.6. The molecule has 1 aliphatic rings. The average molecular weight is 432 g/mol. The van der Waals surface area contributed by atoms with Gasteiger partial charge in [0, 0.05) is 11.4 Å². The number of rotatable bonds is 6. The van der Waals surface area contributed by atoms with Crippen molar-refractivity contribution in [3.05, 3.63) is 57.2 Å². The van der Waals surface area contributed by atoms with Gasteiger partial charge in [-0.05, 0) is 30.5 Å². The van der Waals surface area contributed by atoms with Crippen molar-refractivity contribution in [1.29, 1.82) is 0 Å². The normalized spacial score (nSPS) is 16.6. The molecule has 4 rings (SSSR count). The van der Waals surface area contributed by atoms with Gasteiger partial charge in [-0.25, -0.2) is 14.6 Å². The number of carbonyl (C=O) groups excluding carboxylic acids is 2. The van der Waals surface area contributed by atoms with E-state index in [-0.39, 0.29) is 23.5 Å². The number of esters is 1. The van der Waals surface area contributed by atoms with Crippen molar-refractivity contribution in [2.75, 3.05) is 12.4 Å². The molecule has 0 saturated carbocycles. The van der Waals surface area contributed by atoms with Gasteiger partial charge in [0.05, 0.1) is 23.8 Å². The molecule has 9 nitrogen and oxygen atoms in total. The minimum atomic E-state index is -0.778. The molecule has 0 spiro atoms. The summed E-state index contributed by atoms with van der Waals surface area (Å²) in [6.07, 6.45) is 1.46. The van der Waals surface area contributed by atoms with Crippen LogP contribution in [0.4, 0.5) is 4.79 Å². The molecule has 1 aliphatic heterocycles. The Morgan fingerprint density at radius 1 is 1.38 bits per heavy atom. The van der Waals surface area contributed by atoms with E-state index in [2.05, 4.69) is 20.6 Å². The van der Waals surface area contributed by atoms with Gasteiger partial charge in [0.15, 0.2) is 5.16 Å². The lowest BCUT2D eigenvalue weighted by Gasteiger charge is -2.27. The summed E-state index contributed by atoms with van der Waals surface area (Å²) in [7, 11) is 0. The van der Waals surface area contributed by atoms with Crippen molar-refractivity contribution < 1.29 is 18.7 Å². The number of nitrogens with one attached hydrogen (secondary N) is 3. The summed E-state index contributed by atoms with van der Waals surface area (Å²) in [5.74, 6) is 0.0441. The third-order valence-corrected chi connectivity index (χ3v) is 5.85. The minimum absolute atomic E-state index is 0.186. The molecule has 0 aliphatic carbocycles. The Balaban J connectivity index is 1.68. The number of amides is 2. The van der Waals surface area contributed by atoms with Crippen LogP contribution in [-0.2, 0) is 9.53 Å². The molecule has 0 radical (unpaired) electrons. The zero-order valence-corrected chi connectivity index (χ0v) is 16.8. The fraction of sp³-hybridized carbons (Fsp3) is 0.222. The van der Waals surface area contributed by atoms with E-state index in [0.717, 1.165) is 0 Å². The van der Waals surface area contributed by atoms with Gasteiger partial charge in [0.1, 0.15) is 16.6 Å². The number of thiophene rings is 1. The second-order valence-electron chi connectivity index (χ2n) is 5.96. The minimum Gasteiger partial charge on any atom is -0.467 e. The molecule has 29 heavy (non-hydrogen) atoms. The maximum atomic E-state index is 12.6. The van der Waals surface area contributed by atoms with Gasteiger partial charge in [-0.3, -0.25) is 4.79 Å². The Hall–Kier alpha value is -3.05. The average Bonchev–Trinajstić information content (AvgIpc) is 3.38. The molecule has 150 valence electrons. The zero-order chi connectivity index (χ0) is 20.4. The number of fused-ring (bicyclic) bond motifs is 1. The number of nitrogens with zero attached hydrogens (tertiary/aromatic N) is 1. The van der Waals surface area contributed by atoms with Crippen molar-refractivity contribution in [3.8, 4) is 0 Å². The molecular formula is C18H16N4O5S2. The van der Waals surface area contributed by atoms with Crippen molar-refractivity contribution >= 4 is 45.3 Å². The third-order valence-electron chi connectivity index (χ3n) is 4.14. The summed E-state index contributed by atoms with van der Waals surface area (Å²) >= 11 is 2.57. The van der Waals surface area contributed by atoms with Crippen LogP contribution in [0.15, 0.2) is 55.5 Å². The topological polar surface area (TPSA) is 126 Å². The number of aromatic nitrogens is 2. The molecule has 2 amide bonds. The maximum Gasteiger partial charge on any atom is 0.338 e. The van der Waals surface area contributed by atoms with Gasteiger partial charge in [-0.2, -0.15) is 0 Å². The number of ether oxygens (including phenoxy) is 1. The highest BCUT2D eigenvalue weighted by Gasteiger charge is 2.35. The fourth-order valence-electron chi connectivity index (χ4n) is 2.90. The number of hydrogen-bond acceptors (Lipinski definition) is 8. The number of thioether (sulfide) groups is 1. The van der Waals surface area contributed by atoms with Gasteiger partial charge in [0.2, 0.25) is 0 Å². The lowest BCUT2D eigenvalue weighted by atomic mass is 10.0. The summed E-state index contributed by atoms with van der Waals surface area (Å²) in [5, 5.41) is 8.06. The summed E-state index contributed by atoms with van der Waals surface area (Å²) in [4.78, 5) is 44.7. The Morgan fingerprint density at radius 3 is 3.00 bits per heavy atom. The number of H-pyrrole nitrogens is 1. The molecule has 1 atom stereocenters. The van der Waals surface area contributed by atoms with Crippen molar-refractivity contribution in [1.82, 2.24) is 20.6 Å². The fourth-order valence-corrected chi connectivity index (χ4v) is 4.56. The van der Waals surface area contributed by atoms with Crippen LogP contribution in [0, 0.1) is 0 Å². The second kappa shape index (κ2) is 8.13. The van der Waals surface area contributed by atoms with Crippen LogP contribution in [0.2, 0.25) is 0 Å². The lowest BCUT2D eigenvalue weighted by Crippen LogP contribution is -2.46. The first-order valence-corrected chi connectivity index (χ1v) is 10.5. The number of aromatic amines is 1. The molecule has 3 aromatic heterocycles. The Morgan fingerprint density at radius 2 is 2.24 bits per heavy atom. The third kappa shape index (κ3) is 3.91. The molecule has 4 heterocycles. The molecular weight excluding hydrogens is 416 g/mol. The van der Waals surface area contributed by atoms with Gasteiger partial charge in [0.25, 0.3) is 5.56 Å². The van der Waals surface area contributed by atoms with E-state index in [1.54, 1.807) is 30.5 Å². The molecule has 0 saturated heterocycles. The summed E-state index contributed by atoms with van der Waals surface area (Å²) in [6.45, 7) is 1.89. The first-order chi connectivity index (χ1) is 14.1. The largest absolute Gasteiger partial charge is 0.467 e. The van der Waals surface area contributed by atoms with E-state index in [1.807, 2.05) is 0 Å². The van der Waals surface area contributed by atoms with Crippen LogP contribution < -0.4 is 16.2 Å². The monoisotopic (exact) mass is 432 g/mol. The predicted octanol–water partition coefficient (Wildman–Crippen LogP) is 2.54. The smallest absolute Gasteiger partial charge is 0.338 e. The van der Waals surface area contributed by atoms with E-state index in [1.165, 1.54) is 29.4 Å². The van der Waals surface area contributed by atoms with Gasteiger partial charge >= 0.3 is 12.0 Å². The van der Waals surface area contributed by atoms with Gasteiger partial charge < -0.3 is 24.8 Å². The molecule has 0 fully saturated rings. The van der Waals surface area contributed by atoms with Gasteiger partial charge in [-0.1, -0.05) is 11.8 Å². The summed E-state index contributed by atoms with van der Waals surface area (Å²) < 4.78 is 10.6. The molecule has 3 aromatic rings. The van der Waals surface area contributed by atoms with E-state index < -0.39 is 18.0 Å². The van der Waals surface area contributed by atoms with E-state index in [9.17, 15) is 14.4 Å². The molecule has 0 aromatic carbocycles. The first-order valence-electron chi connectivity index (χ1n) is 8.68. The van der Waals surface area contributed by atoms with Crippen LogP contribution in [-0.4, -0.2) is 34.3 Å². The molecule has 0 bridgehead atoms. The van der Waals surface area contributed by atoms with Crippen molar-refractivity contribution in [2.45, 2.75) is 18.1 Å². The summed E-state index contributed by atoms with van der Waals surface area (Å²) in [6, 6.07) is 3.81. The Kier molecular flexibility index (Phi) is 5.41. The Bertz CT molecular complexity index is 1150. The zero-order valence-electron chi connectivity index (χ0n) is 15.2. The number of urea groups is 1.